The molecule has 3 heteroatoms. The fourth-order valence-corrected chi connectivity index (χ4v) is 3.18. The molecule has 0 aliphatic heterocycles. The molecule has 1 unspecified atom stereocenters. The lowest BCUT2D eigenvalue weighted by atomic mass is 10.1. The van der Waals surface area contributed by atoms with Crippen molar-refractivity contribution in [3.63, 3.8) is 0 Å². The quantitative estimate of drug-likeness (QED) is 0.799. The summed E-state index contributed by atoms with van der Waals surface area (Å²) in [7, 11) is 0. The third-order valence-corrected chi connectivity index (χ3v) is 4.10. The lowest BCUT2D eigenvalue weighted by Gasteiger charge is -2.14. The Balaban J connectivity index is 2.29. The molecule has 0 spiro atoms. The van der Waals surface area contributed by atoms with Crippen molar-refractivity contribution in [2.45, 2.75) is 25.8 Å². The Kier molecular flexibility index (Phi) is 4.35. The van der Waals surface area contributed by atoms with Gasteiger partial charge in [0.15, 0.2) is 0 Å². The van der Waals surface area contributed by atoms with Crippen LogP contribution in [0.25, 0.3) is 10.1 Å². The molecule has 0 aliphatic carbocycles. The van der Waals surface area contributed by atoms with Crippen LogP contribution in [0.15, 0.2) is 24.3 Å². The molecule has 0 aliphatic rings. The Bertz CT molecular complexity index is 567. The standard InChI is InChI=1S/C15H16FNS/c1-3-5-6-13(17-4-2)15-10-11-9-12(16)7-8-14(11)18-15/h1,7-10,13,17H,4-6H2,2H3. The Morgan fingerprint density at radius 3 is 3.00 bits per heavy atom. The van der Waals surface area contributed by atoms with Gasteiger partial charge < -0.3 is 5.32 Å². The van der Waals surface area contributed by atoms with Crippen molar-refractivity contribution in [1.29, 1.82) is 0 Å². The number of hydrogen-bond donors (Lipinski definition) is 1. The van der Waals surface area contributed by atoms with Crippen LogP contribution >= 0.6 is 11.3 Å². The summed E-state index contributed by atoms with van der Waals surface area (Å²) in [5, 5.41) is 4.40. The van der Waals surface area contributed by atoms with Crippen LogP contribution in [0, 0.1) is 18.2 Å². The molecule has 1 atom stereocenters. The third-order valence-electron chi connectivity index (χ3n) is 2.87. The number of hydrogen-bond acceptors (Lipinski definition) is 2. The zero-order chi connectivity index (χ0) is 13.0. The fourth-order valence-electron chi connectivity index (χ4n) is 2.03. The molecule has 0 radical (unpaired) electrons. The minimum atomic E-state index is -0.185. The molecule has 2 rings (SSSR count). The number of nitrogens with one attached hydrogen (secondary N) is 1. The maximum absolute atomic E-state index is 13.2. The molecule has 2 aromatic rings. The normalized spacial score (nSPS) is 12.5. The van der Waals surface area contributed by atoms with Crippen LogP contribution < -0.4 is 5.32 Å². The molecule has 1 N–H and O–H groups in total. The van der Waals surface area contributed by atoms with Crippen LogP contribution in [0.1, 0.15) is 30.7 Å². The van der Waals surface area contributed by atoms with Crippen LogP contribution in [0.5, 0.6) is 0 Å². The largest absolute Gasteiger partial charge is 0.309 e. The molecular weight excluding hydrogens is 245 g/mol. The second kappa shape index (κ2) is 5.99. The van der Waals surface area contributed by atoms with E-state index in [-0.39, 0.29) is 11.9 Å². The van der Waals surface area contributed by atoms with Crippen LogP contribution in [0.4, 0.5) is 4.39 Å². The van der Waals surface area contributed by atoms with Crippen LogP contribution in [0.2, 0.25) is 0 Å². The molecule has 94 valence electrons. The highest BCUT2D eigenvalue weighted by atomic mass is 32.1. The predicted octanol–water partition coefficient (Wildman–Crippen LogP) is 4.10. The van der Waals surface area contributed by atoms with Crippen molar-refractivity contribution in [3.8, 4) is 12.3 Å². The summed E-state index contributed by atoms with van der Waals surface area (Å²) >= 11 is 1.71. The van der Waals surface area contributed by atoms with Gasteiger partial charge in [-0.1, -0.05) is 6.92 Å². The Morgan fingerprint density at radius 1 is 1.44 bits per heavy atom. The van der Waals surface area contributed by atoms with Gasteiger partial charge in [0.1, 0.15) is 5.82 Å². The molecule has 1 heterocycles. The van der Waals surface area contributed by atoms with Crippen molar-refractivity contribution >= 4 is 21.4 Å². The van der Waals surface area contributed by atoms with Crippen LogP contribution in [-0.2, 0) is 0 Å². The molecule has 0 fully saturated rings. The molecule has 1 nitrogen and oxygen atoms in total. The third kappa shape index (κ3) is 2.90. The van der Waals surface area contributed by atoms with Gasteiger partial charge in [0.25, 0.3) is 0 Å². The van der Waals surface area contributed by atoms with Crippen molar-refractivity contribution in [1.82, 2.24) is 5.32 Å². The van der Waals surface area contributed by atoms with Gasteiger partial charge in [-0.2, -0.15) is 0 Å². The molecular formula is C15H16FNS. The topological polar surface area (TPSA) is 12.0 Å². The van der Waals surface area contributed by atoms with Gasteiger partial charge in [0.2, 0.25) is 0 Å². The van der Waals surface area contributed by atoms with E-state index in [4.69, 9.17) is 6.42 Å². The molecule has 0 saturated carbocycles. The first-order valence-corrected chi connectivity index (χ1v) is 6.92. The predicted molar refractivity (Wildman–Crippen MR) is 76.3 cm³/mol. The van der Waals surface area contributed by atoms with Gasteiger partial charge in [0, 0.05) is 22.0 Å². The summed E-state index contributed by atoms with van der Waals surface area (Å²) in [6.45, 7) is 2.98. The maximum Gasteiger partial charge on any atom is 0.123 e. The minimum Gasteiger partial charge on any atom is -0.309 e. The summed E-state index contributed by atoms with van der Waals surface area (Å²) in [6.07, 6.45) is 6.99. The highest BCUT2D eigenvalue weighted by Crippen LogP contribution is 2.32. The summed E-state index contributed by atoms with van der Waals surface area (Å²) in [5.74, 6) is 2.49. The number of halogens is 1. The summed E-state index contributed by atoms with van der Waals surface area (Å²) < 4.78 is 14.3. The second-order valence-corrected chi connectivity index (χ2v) is 5.30. The lowest BCUT2D eigenvalue weighted by Crippen LogP contribution is -2.19. The first-order valence-electron chi connectivity index (χ1n) is 6.10. The zero-order valence-corrected chi connectivity index (χ0v) is 11.2. The Morgan fingerprint density at radius 2 is 2.28 bits per heavy atom. The Labute approximate surface area is 111 Å². The molecule has 1 aromatic heterocycles. The van der Waals surface area contributed by atoms with Gasteiger partial charge in [-0.05, 0) is 42.6 Å². The number of fused-ring (bicyclic) bond motifs is 1. The van der Waals surface area contributed by atoms with E-state index >= 15 is 0 Å². The fraction of sp³-hybridized carbons (Fsp3) is 0.333. The first kappa shape index (κ1) is 13.1. The minimum absolute atomic E-state index is 0.185. The highest BCUT2D eigenvalue weighted by molar-refractivity contribution is 7.19. The van der Waals surface area contributed by atoms with E-state index in [1.165, 1.54) is 10.9 Å². The van der Waals surface area contributed by atoms with E-state index in [1.54, 1.807) is 17.4 Å². The second-order valence-electron chi connectivity index (χ2n) is 4.18. The van der Waals surface area contributed by atoms with Gasteiger partial charge in [0.05, 0.1) is 0 Å². The van der Waals surface area contributed by atoms with Crippen LogP contribution in [0.3, 0.4) is 0 Å². The summed E-state index contributed by atoms with van der Waals surface area (Å²) in [6, 6.07) is 7.26. The average Bonchev–Trinajstić information content (AvgIpc) is 2.77. The van der Waals surface area contributed by atoms with E-state index in [2.05, 4.69) is 24.2 Å². The Hall–Kier alpha value is -1.37. The van der Waals surface area contributed by atoms with E-state index in [1.807, 2.05) is 6.07 Å². The first-order chi connectivity index (χ1) is 8.74. The number of benzene rings is 1. The van der Waals surface area contributed by atoms with Crippen LogP contribution in [-0.4, -0.2) is 6.54 Å². The molecule has 0 amide bonds. The monoisotopic (exact) mass is 261 g/mol. The number of thiophene rings is 1. The van der Waals surface area contributed by atoms with Crippen molar-refractivity contribution in [3.05, 3.63) is 35.0 Å². The van der Waals surface area contributed by atoms with E-state index in [0.717, 1.165) is 29.5 Å². The lowest BCUT2D eigenvalue weighted by molar-refractivity contribution is 0.530. The zero-order valence-electron chi connectivity index (χ0n) is 10.4. The van der Waals surface area contributed by atoms with E-state index < -0.39 is 0 Å². The van der Waals surface area contributed by atoms with Gasteiger partial charge >= 0.3 is 0 Å². The van der Waals surface area contributed by atoms with E-state index in [9.17, 15) is 4.39 Å². The molecule has 18 heavy (non-hydrogen) atoms. The maximum atomic E-state index is 13.2. The van der Waals surface area contributed by atoms with Gasteiger partial charge in [-0.25, -0.2) is 4.39 Å². The average molecular weight is 261 g/mol. The molecule has 0 saturated heterocycles. The van der Waals surface area contributed by atoms with Gasteiger partial charge in [-0.3, -0.25) is 0 Å². The van der Waals surface area contributed by atoms with Crippen molar-refractivity contribution in [2.75, 3.05) is 6.54 Å². The molecule has 0 bridgehead atoms. The smallest absolute Gasteiger partial charge is 0.123 e. The SMILES string of the molecule is C#CCCC(NCC)c1cc2cc(F)ccc2s1. The van der Waals surface area contributed by atoms with Gasteiger partial charge in [-0.15, -0.1) is 23.7 Å². The highest BCUT2D eigenvalue weighted by Gasteiger charge is 2.13. The van der Waals surface area contributed by atoms with Crippen molar-refractivity contribution in [2.24, 2.45) is 0 Å². The number of terminal acetylenes is 1. The van der Waals surface area contributed by atoms with Crippen molar-refractivity contribution < 1.29 is 4.39 Å². The van der Waals surface area contributed by atoms with E-state index in [0.29, 0.717) is 0 Å². The summed E-state index contributed by atoms with van der Waals surface area (Å²) in [4.78, 5) is 1.23. The summed E-state index contributed by atoms with van der Waals surface area (Å²) in [5.41, 5.74) is 0. The number of rotatable bonds is 5. The molecule has 1 aromatic carbocycles.